The van der Waals surface area contributed by atoms with Gasteiger partial charge in [-0.2, -0.15) is 0 Å². The highest BCUT2D eigenvalue weighted by Crippen LogP contribution is 2.21. The number of hydrogen-bond acceptors (Lipinski definition) is 2. The average molecular weight is 259 g/mol. The largest absolute Gasteiger partial charge is 0.475 e. The molecule has 14 heavy (non-hydrogen) atoms. The van der Waals surface area contributed by atoms with Crippen LogP contribution >= 0.6 is 15.9 Å². The maximum absolute atomic E-state index is 13.2. The number of fused-ring (bicyclic) bond motifs is 1. The molecule has 0 spiro atoms. The molecular weight excluding hydrogens is 255 g/mol. The number of halogens is 2. The molecule has 0 aliphatic heterocycles. The number of aromatic nitrogens is 2. The van der Waals surface area contributed by atoms with Gasteiger partial charge < -0.3 is 5.11 Å². The molecule has 0 radical (unpaired) electrons. The van der Waals surface area contributed by atoms with Gasteiger partial charge in [-0.15, -0.1) is 0 Å². The molecule has 6 heteroatoms. The van der Waals surface area contributed by atoms with Gasteiger partial charge >= 0.3 is 5.97 Å². The standard InChI is InChI=1S/C8H4BrFN2O2/c9-6-5-4(10)2-1-3-12(5)7(11-6)8(13)14/h1-3H,(H,13,14). The molecule has 0 bridgehead atoms. The van der Waals surface area contributed by atoms with Crippen molar-refractivity contribution in [2.45, 2.75) is 0 Å². The van der Waals surface area contributed by atoms with E-state index in [1.807, 2.05) is 0 Å². The van der Waals surface area contributed by atoms with Crippen molar-refractivity contribution < 1.29 is 14.3 Å². The zero-order valence-electron chi connectivity index (χ0n) is 6.74. The van der Waals surface area contributed by atoms with Crippen LogP contribution in [0.2, 0.25) is 0 Å². The molecule has 2 aromatic rings. The van der Waals surface area contributed by atoms with Crippen LogP contribution in [0, 0.1) is 5.82 Å². The van der Waals surface area contributed by atoms with Crippen molar-refractivity contribution in [2.75, 3.05) is 0 Å². The molecule has 0 fully saturated rings. The van der Waals surface area contributed by atoms with Gasteiger partial charge in [0.2, 0.25) is 5.82 Å². The number of carbonyl (C=O) groups is 1. The Morgan fingerprint density at radius 1 is 1.64 bits per heavy atom. The number of hydrogen-bond donors (Lipinski definition) is 1. The first-order chi connectivity index (χ1) is 6.61. The minimum absolute atomic E-state index is 0.130. The Hall–Kier alpha value is -1.43. The summed E-state index contributed by atoms with van der Waals surface area (Å²) in [6.07, 6.45) is 1.44. The number of aromatic carboxylic acids is 1. The lowest BCUT2D eigenvalue weighted by Crippen LogP contribution is -2.03. The Morgan fingerprint density at radius 3 is 3.00 bits per heavy atom. The number of pyridine rings is 1. The van der Waals surface area contributed by atoms with Crippen molar-refractivity contribution in [3.8, 4) is 0 Å². The van der Waals surface area contributed by atoms with Crippen molar-refractivity contribution in [3.05, 3.63) is 34.6 Å². The summed E-state index contributed by atoms with van der Waals surface area (Å²) in [7, 11) is 0. The van der Waals surface area contributed by atoms with E-state index in [2.05, 4.69) is 20.9 Å². The van der Waals surface area contributed by atoms with Crippen molar-refractivity contribution in [1.29, 1.82) is 0 Å². The Morgan fingerprint density at radius 2 is 2.36 bits per heavy atom. The molecule has 0 aromatic carbocycles. The van der Waals surface area contributed by atoms with E-state index in [-0.39, 0.29) is 15.9 Å². The minimum atomic E-state index is -1.20. The highest BCUT2D eigenvalue weighted by Gasteiger charge is 2.16. The lowest BCUT2D eigenvalue weighted by atomic mass is 10.4. The topological polar surface area (TPSA) is 54.6 Å². The molecular formula is C8H4BrFN2O2. The van der Waals surface area contributed by atoms with E-state index < -0.39 is 11.8 Å². The van der Waals surface area contributed by atoms with E-state index in [1.54, 1.807) is 0 Å². The van der Waals surface area contributed by atoms with Crippen LogP contribution in [-0.2, 0) is 0 Å². The van der Waals surface area contributed by atoms with E-state index >= 15 is 0 Å². The highest BCUT2D eigenvalue weighted by atomic mass is 79.9. The van der Waals surface area contributed by atoms with Gasteiger partial charge in [-0.3, -0.25) is 4.40 Å². The molecule has 0 saturated heterocycles. The summed E-state index contributed by atoms with van der Waals surface area (Å²) in [5.41, 5.74) is 0.130. The van der Waals surface area contributed by atoms with Crippen LogP contribution in [0.5, 0.6) is 0 Å². The fourth-order valence-electron chi connectivity index (χ4n) is 1.21. The first-order valence-electron chi connectivity index (χ1n) is 3.66. The van der Waals surface area contributed by atoms with Crippen LogP contribution in [0.25, 0.3) is 5.52 Å². The summed E-state index contributed by atoms with van der Waals surface area (Å²) < 4.78 is 14.6. The number of carboxylic acid groups (broad SMARTS) is 1. The number of carboxylic acids is 1. The summed E-state index contributed by atoms with van der Waals surface area (Å²) in [6, 6.07) is 2.66. The van der Waals surface area contributed by atoms with Gasteiger partial charge in [0, 0.05) is 6.20 Å². The third-order valence-electron chi connectivity index (χ3n) is 1.76. The van der Waals surface area contributed by atoms with Crippen LogP contribution < -0.4 is 0 Å². The van der Waals surface area contributed by atoms with E-state index in [0.717, 1.165) is 0 Å². The van der Waals surface area contributed by atoms with Gasteiger partial charge in [-0.1, -0.05) is 0 Å². The molecule has 2 aromatic heterocycles. The molecule has 0 unspecified atom stereocenters. The molecule has 1 N–H and O–H groups in total. The second-order valence-corrected chi connectivity index (χ2v) is 3.36. The molecule has 0 aliphatic carbocycles. The summed E-state index contributed by atoms with van der Waals surface area (Å²) in [5, 5.41) is 8.76. The highest BCUT2D eigenvalue weighted by molar-refractivity contribution is 9.10. The van der Waals surface area contributed by atoms with Crippen molar-refractivity contribution >= 4 is 27.4 Å². The van der Waals surface area contributed by atoms with Crippen LogP contribution in [-0.4, -0.2) is 20.5 Å². The van der Waals surface area contributed by atoms with Gasteiger partial charge in [-0.05, 0) is 28.1 Å². The molecule has 2 heterocycles. The lowest BCUT2D eigenvalue weighted by molar-refractivity contribution is 0.0682. The number of imidazole rings is 1. The smallest absolute Gasteiger partial charge is 0.372 e. The van der Waals surface area contributed by atoms with Crippen LogP contribution in [0.3, 0.4) is 0 Å². The van der Waals surface area contributed by atoms with Crippen molar-refractivity contribution in [2.24, 2.45) is 0 Å². The molecule has 2 rings (SSSR count). The van der Waals surface area contributed by atoms with Gasteiger partial charge in [0.15, 0.2) is 0 Å². The third-order valence-corrected chi connectivity index (χ3v) is 2.32. The molecule has 0 aliphatic rings. The maximum atomic E-state index is 13.2. The summed E-state index contributed by atoms with van der Waals surface area (Å²) in [6.45, 7) is 0. The number of rotatable bonds is 1. The first kappa shape index (κ1) is 9.14. The van der Waals surface area contributed by atoms with Gasteiger partial charge in [-0.25, -0.2) is 14.2 Å². The molecule has 0 atom stereocenters. The first-order valence-corrected chi connectivity index (χ1v) is 4.46. The Bertz CT molecular complexity index is 523. The second-order valence-electron chi connectivity index (χ2n) is 2.61. The predicted molar refractivity (Wildman–Crippen MR) is 49.8 cm³/mol. The quantitative estimate of drug-likeness (QED) is 0.851. The number of nitrogens with zero attached hydrogens (tertiary/aromatic N) is 2. The Balaban J connectivity index is 2.91. The fraction of sp³-hybridized carbons (Fsp3) is 0. The summed E-state index contributed by atoms with van der Waals surface area (Å²) in [5.74, 6) is -1.93. The fourth-order valence-corrected chi connectivity index (χ4v) is 1.76. The van der Waals surface area contributed by atoms with E-state index in [1.165, 1.54) is 22.7 Å². The van der Waals surface area contributed by atoms with Crippen LogP contribution in [0.1, 0.15) is 10.6 Å². The molecule has 0 amide bonds. The maximum Gasteiger partial charge on any atom is 0.372 e. The summed E-state index contributed by atoms with van der Waals surface area (Å²) in [4.78, 5) is 14.4. The molecule has 72 valence electrons. The van der Waals surface area contributed by atoms with E-state index in [9.17, 15) is 9.18 Å². The zero-order valence-corrected chi connectivity index (χ0v) is 8.32. The van der Waals surface area contributed by atoms with Crippen LogP contribution in [0.15, 0.2) is 22.9 Å². The van der Waals surface area contributed by atoms with E-state index in [4.69, 9.17) is 5.11 Å². The molecule has 4 nitrogen and oxygen atoms in total. The molecule has 0 saturated carbocycles. The normalized spacial score (nSPS) is 10.7. The van der Waals surface area contributed by atoms with Crippen molar-refractivity contribution in [3.63, 3.8) is 0 Å². The van der Waals surface area contributed by atoms with Gasteiger partial charge in [0.1, 0.15) is 15.9 Å². The zero-order chi connectivity index (χ0) is 10.3. The monoisotopic (exact) mass is 258 g/mol. The second kappa shape index (κ2) is 3.06. The third kappa shape index (κ3) is 1.19. The van der Waals surface area contributed by atoms with Gasteiger partial charge in [0.25, 0.3) is 0 Å². The van der Waals surface area contributed by atoms with Gasteiger partial charge in [0.05, 0.1) is 0 Å². The minimum Gasteiger partial charge on any atom is -0.475 e. The average Bonchev–Trinajstić information content (AvgIpc) is 2.45. The Kier molecular flexibility index (Phi) is 1.99. The summed E-state index contributed by atoms with van der Waals surface area (Å²) >= 11 is 3.00. The predicted octanol–water partition coefficient (Wildman–Crippen LogP) is 1.93. The lowest BCUT2D eigenvalue weighted by Gasteiger charge is -1.96. The van der Waals surface area contributed by atoms with E-state index in [0.29, 0.717) is 0 Å². The van der Waals surface area contributed by atoms with Crippen molar-refractivity contribution in [1.82, 2.24) is 9.38 Å². The van der Waals surface area contributed by atoms with Crippen LogP contribution in [0.4, 0.5) is 4.39 Å². The Labute approximate surface area is 86.1 Å². The SMILES string of the molecule is O=C(O)c1nc(Br)c2c(F)cccn12.